The summed E-state index contributed by atoms with van der Waals surface area (Å²) >= 11 is 0. The molecule has 0 radical (unpaired) electrons. The SMILES string of the molecule is CCOC(=O)C1CC12CCC(c1ccnc3ccncc13)CC2. The fourth-order valence-electron chi connectivity index (χ4n) is 4.35. The van der Waals surface area contributed by atoms with Crippen molar-refractivity contribution in [3.63, 3.8) is 0 Å². The van der Waals surface area contributed by atoms with Crippen molar-refractivity contribution < 1.29 is 9.53 Å². The molecule has 2 aromatic rings. The number of rotatable bonds is 3. The molecule has 0 amide bonds. The average molecular weight is 310 g/mol. The Morgan fingerprint density at radius 3 is 2.91 bits per heavy atom. The summed E-state index contributed by atoms with van der Waals surface area (Å²) in [6, 6.07) is 4.11. The molecule has 0 saturated heterocycles. The fraction of sp³-hybridized carbons (Fsp3) is 0.526. The van der Waals surface area contributed by atoms with Gasteiger partial charge in [0.2, 0.25) is 0 Å². The molecular formula is C19H22N2O2. The molecule has 0 aliphatic heterocycles. The molecule has 1 unspecified atom stereocenters. The number of pyridine rings is 2. The highest BCUT2D eigenvalue weighted by molar-refractivity contribution is 5.81. The molecule has 4 rings (SSSR count). The van der Waals surface area contributed by atoms with Gasteiger partial charge in [-0.25, -0.2) is 0 Å². The lowest BCUT2D eigenvalue weighted by atomic mass is 9.75. The standard InChI is InChI=1S/C19H22N2O2/c1-2-23-18(22)16-11-19(16)7-3-13(4-8-19)14-5-10-21-17-6-9-20-12-15(14)17/h5-6,9-10,12-13,16H,2-4,7-8,11H2,1H3. The van der Waals surface area contributed by atoms with E-state index >= 15 is 0 Å². The number of aromatic nitrogens is 2. The van der Waals surface area contributed by atoms with E-state index < -0.39 is 0 Å². The van der Waals surface area contributed by atoms with E-state index in [2.05, 4.69) is 16.0 Å². The fourth-order valence-corrected chi connectivity index (χ4v) is 4.35. The van der Waals surface area contributed by atoms with Crippen molar-refractivity contribution in [3.8, 4) is 0 Å². The third-order valence-corrected chi connectivity index (χ3v) is 5.76. The van der Waals surface area contributed by atoms with E-state index in [1.54, 1.807) is 6.20 Å². The Balaban J connectivity index is 1.49. The Morgan fingerprint density at radius 1 is 1.30 bits per heavy atom. The Hall–Kier alpha value is -1.97. The van der Waals surface area contributed by atoms with Crippen molar-refractivity contribution in [1.82, 2.24) is 9.97 Å². The monoisotopic (exact) mass is 310 g/mol. The Kier molecular flexibility index (Phi) is 3.55. The summed E-state index contributed by atoms with van der Waals surface area (Å²) in [5.41, 5.74) is 2.63. The molecule has 0 bridgehead atoms. The van der Waals surface area contributed by atoms with Gasteiger partial charge in [-0.15, -0.1) is 0 Å². The number of hydrogen-bond acceptors (Lipinski definition) is 4. The van der Waals surface area contributed by atoms with E-state index in [0.29, 0.717) is 12.5 Å². The molecule has 0 aromatic carbocycles. The average Bonchev–Trinajstić information content (AvgIpc) is 3.29. The van der Waals surface area contributed by atoms with E-state index in [-0.39, 0.29) is 17.3 Å². The molecule has 2 aromatic heterocycles. The van der Waals surface area contributed by atoms with Crippen LogP contribution in [0.1, 0.15) is 50.5 Å². The van der Waals surface area contributed by atoms with Crippen LogP contribution < -0.4 is 0 Å². The zero-order valence-corrected chi connectivity index (χ0v) is 13.5. The summed E-state index contributed by atoms with van der Waals surface area (Å²) in [5.74, 6) is 0.725. The molecule has 2 aliphatic carbocycles. The second-order valence-corrected chi connectivity index (χ2v) is 6.94. The highest BCUT2D eigenvalue weighted by Crippen LogP contribution is 2.63. The Bertz CT molecular complexity index is 730. The Morgan fingerprint density at radius 2 is 2.13 bits per heavy atom. The molecule has 2 aliphatic rings. The lowest BCUT2D eigenvalue weighted by Crippen LogP contribution is -2.20. The quantitative estimate of drug-likeness (QED) is 0.808. The molecule has 1 atom stereocenters. The largest absolute Gasteiger partial charge is 0.466 e. The van der Waals surface area contributed by atoms with Crippen LogP contribution in [0.2, 0.25) is 0 Å². The lowest BCUT2D eigenvalue weighted by molar-refractivity contribution is -0.145. The normalized spacial score (nSPS) is 29.6. The zero-order chi connectivity index (χ0) is 15.9. The van der Waals surface area contributed by atoms with Crippen LogP contribution in [0, 0.1) is 11.3 Å². The summed E-state index contributed by atoms with van der Waals surface area (Å²) in [4.78, 5) is 20.7. The van der Waals surface area contributed by atoms with Gasteiger partial charge in [-0.05, 0) is 68.1 Å². The van der Waals surface area contributed by atoms with Crippen LogP contribution in [0.3, 0.4) is 0 Å². The van der Waals surface area contributed by atoms with Crippen LogP contribution in [-0.4, -0.2) is 22.5 Å². The lowest BCUT2D eigenvalue weighted by Gasteiger charge is -2.30. The van der Waals surface area contributed by atoms with E-state index in [1.165, 1.54) is 10.9 Å². The topological polar surface area (TPSA) is 52.1 Å². The van der Waals surface area contributed by atoms with Crippen molar-refractivity contribution in [2.24, 2.45) is 11.3 Å². The number of carbonyl (C=O) groups excluding carboxylic acids is 1. The summed E-state index contributed by atoms with van der Waals surface area (Å²) in [6.07, 6.45) is 11.2. The molecule has 4 nitrogen and oxygen atoms in total. The minimum atomic E-state index is 0.0181. The van der Waals surface area contributed by atoms with Crippen molar-refractivity contribution in [2.45, 2.75) is 44.9 Å². The highest BCUT2D eigenvalue weighted by Gasteiger charge is 2.59. The number of carbonyl (C=O) groups is 1. The van der Waals surface area contributed by atoms with E-state index in [9.17, 15) is 4.79 Å². The van der Waals surface area contributed by atoms with Gasteiger partial charge >= 0.3 is 5.97 Å². The van der Waals surface area contributed by atoms with Crippen LogP contribution in [0.25, 0.3) is 10.9 Å². The highest BCUT2D eigenvalue weighted by atomic mass is 16.5. The third kappa shape index (κ3) is 2.50. The molecule has 4 heteroatoms. The number of nitrogens with zero attached hydrogens (tertiary/aromatic N) is 2. The minimum absolute atomic E-state index is 0.0181. The van der Waals surface area contributed by atoms with Gasteiger partial charge in [-0.2, -0.15) is 0 Å². The molecule has 2 heterocycles. The molecule has 120 valence electrons. The maximum atomic E-state index is 12.0. The van der Waals surface area contributed by atoms with Crippen LogP contribution in [0.5, 0.6) is 0 Å². The number of hydrogen-bond donors (Lipinski definition) is 0. The van der Waals surface area contributed by atoms with Gasteiger partial charge in [0, 0.05) is 24.0 Å². The molecule has 23 heavy (non-hydrogen) atoms. The number of ether oxygens (including phenoxy) is 1. The van der Waals surface area contributed by atoms with Crippen LogP contribution in [0.4, 0.5) is 0 Å². The van der Waals surface area contributed by atoms with Gasteiger partial charge < -0.3 is 4.74 Å². The summed E-state index contributed by atoms with van der Waals surface area (Å²) in [6.45, 7) is 2.37. The molecule has 1 spiro atoms. The first-order valence-corrected chi connectivity index (χ1v) is 8.59. The van der Waals surface area contributed by atoms with E-state index in [4.69, 9.17) is 4.74 Å². The van der Waals surface area contributed by atoms with Crippen LogP contribution in [-0.2, 0) is 9.53 Å². The third-order valence-electron chi connectivity index (χ3n) is 5.76. The zero-order valence-electron chi connectivity index (χ0n) is 13.5. The minimum Gasteiger partial charge on any atom is -0.466 e. The van der Waals surface area contributed by atoms with Crippen molar-refractivity contribution >= 4 is 16.9 Å². The van der Waals surface area contributed by atoms with Gasteiger partial charge in [0.05, 0.1) is 18.0 Å². The maximum absolute atomic E-state index is 12.0. The first-order valence-electron chi connectivity index (χ1n) is 8.59. The molecule has 2 fully saturated rings. The van der Waals surface area contributed by atoms with Crippen molar-refractivity contribution in [3.05, 3.63) is 36.3 Å². The first-order chi connectivity index (χ1) is 11.2. The van der Waals surface area contributed by atoms with Gasteiger partial charge in [0.15, 0.2) is 0 Å². The van der Waals surface area contributed by atoms with E-state index in [0.717, 1.165) is 37.6 Å². The molecular weight excluding hydrogens is 288 g/mol. The number of fused-ring (bicyclic) bond motifs is 1. The van der Waals surface area contributed by atoms with Gasteiger partial charge in [0.1, 0.15) is 0 Å². The predicted molar refractivity (Wildman–Crippen MR) is 87.9 cm³/mol. The van der Waals surface area contributed by atoms with Gasteiger partial charge in [-0.1, -0.05) is 0 Å². The van der Waals surface area contributed by atoms with Crippen molar-refractivity contribution in [1.29, 1.82) is 0 Å². The summed E-state index contributed by atoms with van der Waals surface area (Å²) in [5, 5.41) is 1.17. The second-order valence-electron chi connectivity index (χ2n) is 6.94. The molecule has 2 saturated carbocycles. The Labute approximate surface area is 136 Å². The first kappa shape index (κ1) is 14.6. The smallest absolute Gasteiger partial charge is 0.309 e. The predicted octanol–water partition coefficient (Wildman–Crippen LogP) is 3.86. The van der Waals surface area contributed by atoms with E-state index in [1.807, 2.05) is 25.4 Å². The summed E-state index contributed by atoms with van der Waals surface area (Å²) < 4.78 is 5.21. The molecule has 0 N–H and O–H groups in total. The van der Waals surface area contributed by atoms with Crippen molar-refractivity contribution in [2.75, 3.05) is 6.61 Å². The number of esters is 1. The van der Waals surface area contributed by atoms with Crippen LogP contribution in [0.15, 0.2) is 30.7 Å². The second kappa shape index (κ2) is 5.59. The van der Waals surface area contributed by atoms with Gasteiger partial charge in [-0.3, -0.25) is 14.8 Å². The summed E-state index contributed by atoms with van der Waals surface area (Å²) in [7, 11) is 0. The van der Waals surface area contributed by atoms with Gasteiger partial charge in [0.25, 0.3) is 0 Å². The maximum Gasteiger partial charge on any atom is 0.309 e. The van der Waals surface area contributed by atoms with Crippen LogP contribution >= 0.6 is 0 Å².